The number of hydrogen-bond donors (Lipinski definition) is 1. The van der Waals surface area contributed by atoms with Crippen molar-refractivity contribution in [3.05, 3.63) is 60.2 Å². The maximum atomic E-state index is 11.8. The number of anilines is 1. The molecule has 1 amide bonds. The van der Waals surface area contributed by atoms with Crippen LogP contribution in [0.3, 0.4) is 0 Å². The standard InChI is InChI=1S/C17H19NOS/c1-14-7-5-8-15(13-14)18-17(19)11-6-12-20-16-9-3-2-4-10-16/h2-5,7-10,13H,6,11-12H2,1H3,(H,18,19). The Kier molecular flexibility index (Phi) is 5.69. The second kappa shape index (κ2) is 7.75. The average molecular weight is 285 g/mol. The SMILES string of the molecule is Cc1cccc(NC(=O)CCCSc2ccccc2)c1. The summed E-state index contributed by atoms with van der Waals surface area (Å²) in [5, 5.41) is 2.93. The maximum Gasteiger partial charge on any atom is 0.224 e. The zero-order chi connectivity index (χ0) is 14.2. The summed E-state index contributed by atoms with van der Waals surface area (Å²) in [5.74, 6) is 1.05. The van der Waals surface area contributed by atoms with Crippen LogP contribution in [0.15, 0.2) is 59.5 Å². The summed E-state index contributed by atoms with van der Waals surface area (Å²) in [5.41, 5.74) is 2.04. The van der Waals surface area contributed by atoms with Gasteiger partial charge in [-0.1, -0.05) is 30.3 Å². The van der Waals surface area contributed by atoms with Gasteiger partial charge in [0.15, 0.2) is 0 Å². The van der Waals surface area contributed by atoms with Crippen LogP contribution in [-0.4, -0.2) is 11.7 Å². The molecule has 2 rings (SSSR count). The Morgan fingerprint density at radius 1 is 1.10 bits per heavy atom. The van der Waals surface area contributed by atoms with E-state index in [0.29, 0.717) is 6.42 Å². The third kappa shape index (κ3) is 5.10. The number of carbonyl (C=O) groups excluding carboxylic acids is 1. The first-order chi connectivity index (χ1) is 9.74. The van der Waals surface area contributed by atoms with Crippen LogP contribution in [0.5, 0.6) is 0 Å². The molecule has 0 saturated heterocycles. The van der Waals surface area contributed by atoms with Crippen molar-refractivity contribution in [3.63, 3.8) is 0 Å². The number of thioether (sulfide) groups is 1. The van der Waals surface area contributed by atoms with Crippen molar-refractivity contribution in [2.24, 2.45) is 0 Å². The summed E-state index contributed by atoms with van der Waals surface area (Å²) in [4.78, 5) is 13.1. The largest absolute Gasteiger partial charge is 0.326 e. The van der Waals surface area contributed by atoms with Crippen LogP contribution in [0.25, 0.3) is 0 Å². The lowest BCUT2D eigenvalue weighted by atomic mass is 10.2. The van der Waals surface area contributed by atoms with Crippen LogP contribution in [0.2, 0.25) is 0 Å². The van der Waals surface area contributed by atoms with Gasteiger partial charge in [0, 0.05) is 17.0 Å². The van der Waals surface area contributed by atoms with Gasteiger partial charge >= 0.3 is 0 Å². The van der Waals surface area contributed by atoms with Crippen LogP contribution in [0, 0.1) is 6.92 Å². The maximum absolute atomic E-state index is 11.8. The number of carbonyl (C=O) groups is 1. The van der Waals surface area contributed by atoms with Crippen LogP contribution in [0.1, 0.15) is 18.4 Å². The molecule has 2 aromatic rings. The highest BCUT2D eigenvalue weighted by Crippen LogP contribution is 2.18. The van der Waals surface area contributed by atoms with Gasteiger partial charge < -0.3 is 5.32 Å². The first-order valence-corrected chi connectivity index (χ1v) is 7.77. The zero-order valence-electron chi connectivity index (χ0n) is 11.6. The van der Waals surface area contributed by atoms with Crippen molar-refractivity contribution >= 4 is 23.4 Å². The van der Waals surface area contributed by atoms with Gasteiger partial charge in [-0.3, -0.25) is 4.79 Å². The van der Waals surface area contributed by atoms with Crippen LogP contribution in [-0.2, 0) is 4.79 Å². The molecule has 0 fully saturated rings. The Morgan fingerprint density at radius 3 is 2.65 bits per heavy atom. The van der Waals surface area contributed by atoms with Crippen molar-refractivity contribution < 1.29 is 4.79 Å². The summed E-state index contributed by atoms with van der Waals surface area (Å²) in [6.45, 7) is 2.02. The molecule has 3 heteroatoms. The molecule has 104 valence electrons. The molecule has 0 aromatic heterocycles. The Bertz CT molecular complexity index is 554. The Hall–Kier alpha value is -1.74. The van der Waals surface area contributed by atoms with Gasteiger partial charge in [-0.25, -0.2) is 0 Å². The van der Waals surface area contributed by atoms with E-state index < -0.39 is 0 Å². The molecule has 0 aliphatic heterocycles. The van der Waals surface area contributed by atoms with Crippen LogP contribution < -0.4 is 5.32 Å². The van der Waals surface area contributed by atoms with Gasteiger partial charge in [-0.15, -0.1) is 11.8 Å². The Morgan fingerprint density at radius 2 is 1.90 bits per heavy atom. The summed E-state index contributed by atoms with van der Waals surface area (Å²) in [7, 11) is 0. The van der Waals surface area contributed by atoms with Gasteiger partial charge in [0.1, 0.15) is 0 Å². The molecule has 0 unspecified atom stereocenters. The van der Waals surface area contributed by atoms with Crippen molar-refractivity contribution in [2.75, 3.05) is 11.1 Å². The Balaban J connectivity index is 1.68. The van der Waals surface area contributed by atoms with E-state index in [-0.39, 0.29) is 5.91 Å². The molecule has 0 radical (unpaired) electrons. The number of hydrogen-bond acceptors (Lipinski definition) is 2. The molecule has 0 atom stereocenters. The quantitative estimate of drug-likeness (QED) is 0.625. The molecule has 0 spiro atoms. The van der Waals surface area contributed by atoms with Gasteiger partial charge in [0.05, 0.1) is 0 Å². The van der Waals surface area contributed by atoms with Crippen molar-refractivity contribution in [3.8, 4) is 0 Å². The fraction of sp³-hybridized carbons (Fsp3) is 0.235. The van der Waals surface area contributed by atoms with Gasteiger partial charge in [-0.05, 0) is 48.9 Å². The fourth-order valence-electron chi connectivity index (χ4n) is 1.89. The third-order valence-electron chi connectivity index (χ3n) is 2.86. The summed E-state index contributed by atoms with van der Waals surface area (Å²) < 4.78 is 0. The number of aryl methyl sites for hydroxylation is 1. The van der Waals surface area contributed by atoms with E-state index >= 15 is 0 Å². The molecule has 0 heterocycles. The minimum atomic E-state index is 0.0873. The second-order valence-corrected chi connectivity index (χ2v) is 5.85. The number of nitrogens with one attached hydrogen (secondary N) is 1. The normalized spacial score (nSPS) is 10.2. The highest BCUT2D eigenvalue weighted by atomic mass is 32.2. The predicted octanol–water partition coefficient (Wildman–Crippen LogP) is 4.51. The Labute approximate surface area is 124 Å². The molecule has 0 aliphatic rings. The monoisotopic (exact) mass is 285 g/mol. The summed E-state index contributed by atoms with van der Waals surface area (Å²) in [6.07, 6.45) is 1.45. The number of rotatable bonds is 6. The lowest BCUT2D eigenvalue weighted by Gasteiger charge is -2.06. The van der Waals surface area contributed by atoms with E-state index in [0.717, 1.165) is 23.4 Å². The lowest BCUT2D eigenvalue weighted by Crippen LogP contribution is -2.11. The molecule has 1 N–H and O–H groups in total. The molecule has 0 aliphatic carbocycles. The molecule has 2 aromatic carbocycles. The van der Waals surface area contributed by atoms with E-state index in [1.165, 1.54) is 4.90 Å². The van der Waals surface area contributed by atoms with Crippen LogP contribution in [0.4, 0.5) is 5.69 Å². The first-order valence-electron chi connectivity index (χ1n) is 6.78. The van der Waals surface area contributed by atoms with E-state index in [1.807, 2.05) is 49.4 Å². The molecule has 2 nitrogen and oxygen atoms in total. The van der Waals surface area contributed by atoms with Crippen molar-refractivity contribution in [2.45, 2.75) is 24.7 Å². The third-order valence-corrected chi connectivity index (χ3v) is 3.96. The van der Waals surface area contributed by atoms with E-state index in [9.17, 15) is 4.79 Å². The van der Waals surface area contributed by atoms with Crippen molar-refractivity contribution in [1.29, 1.82) is 0 Å². The van der Waals surface area contributed by atoms with Crippen LogP contribution >= 0.6 is 11.8 Å². The number of amides is 1. The van der Waals surface area contributed by atoms with E-state index in [2.05, 4.69) is 17.4 Å². The molecular formula is C17H19NOS. The predicted molar refractivity (Wildman–Crippen MR) is 86.2 cm³/mol. The highest BCUT2D eigenvalue weighted by molar-refractivity contribution is 7.99. The van der Waals surface area contributed by atoms with Crippen molar-refractivity contribution in [1.82, 2.24) is 0 Å². The smallest absolute Gasteiger partial charge is 0.224 e. The van der Waals surface area contributed by atoms with Gasteiger partial charge in [0.25, 0.3) is 0 Å². The molecule has 0 bridgehead atoms. The molecular weight excluding hydrogens is 266 g/mol. The number of benzene rings is 2. The summed E-state index contributed by atoms with van der Waals surface area (Å²) >= 11 is 1.79. The topological polar surface area (TPSA) is 29.1 Å². The fourth-order valence-corrected chi connectivity index (χ4v) is 2.76. The van der Waals surface area contributed by atoms with Gasteiger partial charge in [-0.2, -0.15) is 0 Å². The van der Waals surface area contributed by atoms with E-state index in [1.54, 1.807) is 11.8 Å². The highest BCUT2D eigenvalue weighted by Gasteiger charge is 2.02. The second-order valence-electron chi connectivity index (χ2n) is 4.68. The zero-order valence-corrected chi connectivity index (χ0v) is 12.5. The summed E-state index contributed by atoms with van der Waals surface area (Å²) in [6, 6.07) is 18.1. The average Bonchev–Trinajstić information content (AvgIpc) is 2.45. The minimum absolute atomic E-state index is 0.0873. The van der Waals surface area contributed by atoms with E-state index in [4.69, 9.17) is 0 Å². The lowest BCUT2D eigenvalue weighted by molar-refractivity contribution is -0.116. The molecule has 0 saturated carbocycles. The minimum Gasteiger partial charge on any atom is -0.326 e. The molecule has 20 heavy (non-hydrogen) atoms. The first kappa shape index (κ1) is 14.7. The van der Waals surface area contributed by atoms with Gasteiger partial charge in [0.2, 0.25) is 5.91 Å².